The number of amides is 3. The van der Waals surface area contributed by atoms with Crippen LogP contribution < -0.4 is 15.4 Å². The van der Waals surface area contributed by atoms with Crippen molar-refractivity contribution in [2.24, 2.45) is 0 Å². The first-order valence-electron chi connectivity index (χ1n) is 8.35. The molecule has 7 heteroatoms. The molecule has 2 N–H and O–H groups in total. The zero-order chi connectivity index (χ0) is 17.5. The van der Waals surface area contributed by atoms with E-state index in [0.29, 0.717) is 25.5 Å². The molecule has 1 aliphatic heterocycles. The Bertz CT molecular complexity index is 551. The molecule has 0 saturated carbocycles. The maximum absolute atomic E-state index is 12.0. The van der Waals surface area contributed by atoms with Crippen LogP contribution in [0.1, 0.15) is 39.2 Å². The van der Waals surface area contributed by atoms with Crippen LogP contribution in [0.4, 0.5) is 4.79 Å². The van der Waals surface area contributed by atoms with Gasteiger partial charge in [0, 0.05) is 44.9 Å². The molecular weight excluding hydrogens is 308 g/mol. The Morgan fingerprint density at radius 2 is 2.04 bits per heavy atom. The molecule has 0 spiro atoms. The molecule has 1 aromatic heterocycles. The van der Waals surface area contributed by atoms with Crippen molar-refractivity contribution in [1.29, 1.82) is 0 Å². The molecule has 1 aromatic rings. The second-order valence-electron chi connectivity index (χ2n) is 6.28. The maximum Gasteiger partial charge on any atom is 0.315 e. The zero-order valence-electron chi connectivity index (χ0n) is 14.5. The third kappa shape index (κ3) is 5.72. The van der Waals surface area contributed by atoms with Gasteiger partial charge in [-0.2, -0.15) is 0 Å². The Labute approximate surface area is 142 Å². The van der Waals surface area contributed by atoms with Crippen molar-refractivity contribution in [2.45, 2.75) is 52.3 Å². The fourth-order valence-electron chi connectivity index (χ4n) is 2.58. The summed E-state index contributed by atoms with van der Waals surface area (Å²) >= 11 is 0. The molecule has 3 amide bonds. The van der Waals surface area contributed by atoms with Crippen LogP contribution in [0.3, 0.4) is 0 Å². The third-order valence-corrected chi connectivity index (χ3v) is 3.88. The number of ether oxygens (including phenoxy) is 1. The van der Waals surface area contributed by atoms with E-state index >= 15 is 0 Å². The molecule has 0 radical (unpaired) electrons. The van der Waals surface area contributed by atoms with Crippen molar-refractivity contribution in [2.75, 3.05) is 13.1 Å². The van der Waals surface area contributed by atoms with E-state index in [1.165, 1.54) is 0 Å². The standard InChI is InChI=1S/C17H26N4O3/c1-12(2)24-16-5-4-14(10-18-16)11-19-17(23)20-15-6-8-21(9-7-15)13(3)22/h4-5,10,12,15H,6-9,11H2,1-3H3,(H2,19,20,23). The van der Waals surface area contributed by atoms with Crippen LogP contribution in [0.15, 0.2) is 18.3 Å². The van der Waals surface area contributed by atoms with E-state index in [4.69, 9.17) is 4.74 Å². The number of aromatic nitrogens is 1. The first kappa shape index (κ1) is 18.0. The van der Waals surface area contributed by atoms with E-state index in [9.17, 15) is 9.59 Å². The normalized spacial score (nSPS) is 15.2. The number of nitrogens with zero attached hydrogens (tertiary/aromatic N) is 2. The molecule has 1 aliphatic rings. The molecule has 7 nitrogen and oxygen atoms in total. The highest BCUT2D eigenvalue weighted by atomic mass is 16.5. The summed E-state index contributed by atoms with van der Waals surface area (Å²) in [5.41, 5.74) is 0.910. The van der Waals surface area contributed by atoms with Gasteiger partial charge in [0.05, 0.1) is 6.10 Å². The second kappa shape index (κ2) is 8.52. The Hall–Kier alpha value is -2.31. The summed E-state index contributed by atoms with van der Waals surface area (Å²) in [5, 5.41) is 5.78. The number of rotatable bonds is 5. The van der Waals surface area contributed by atoms with Gasteiger partial charge < -0.3 is 20.3 Å². The highest BCUT2D eigenvalue weighted by molar-refractivity contribution is 5.75. The van der Waals surface area contributed by atoms with Crippen molar-refractivity contribution < 1.29 is 14.3 Å². The Morgan fingerprint density at radius 1 is 1.33 bits per heavy atom. The minimum absolute atomic E-state index is 0.0849. The third-order valence-electron chi connectivity index (χ3n) is 3.88. The van der Waals surface area contributed by atoms with E-state index in [-0.39, 0.29) is 24.1 Å². The van der Waals surface area contributed by atoms with Crippen molar-refractivity contribution in [1.82, 2.24) is 20.5 Å². The number of nitrogens with one attached hydrogen (secondary N) is 2. The van der Waals surface area contributed by atoms with Gasteiger partial charge in [-0.1, -0.05) is 6.07 Å². The first-order chi connectivity index (χ1) is 11.4. The Morgan fingerprint density at radius 3 is 2.58 bits per heavy atom. The van der Waals surface area contributed by atoms with Crippen LogP contribution >= 0.6 is 0 Å². The fourth-order valence-corrected chi connectivity index (χ4v) is 2.58. The summed E-state index contributed by atoms with van der Waals surface area (Å²) in [6.07, 6.45) is 3.36. The van der Waals surface area contributed by atoms with Crippen molar-refractivity contribution in [3.63, 3.8) is 0 Å². The number of hydrogen-bond acceptors (Lipinski definition) is 4. The fraction of sp³-hybridized carbons (Fsp3) is 0.588. The minimum atomic E-state index is -0.196. The van der Waals surface area contributed by atoms with Crippen molar-refractivity contribution in [3.05, 3.63) is 23.9 Å². The molecule has 0 aliphatic carbocycles. The second-order valence-corrected chi connectivity index (χ2v) is 6.28. The molecule has 1 fully saturated rings. The summed E-state index contributed by atoms with van der Waals surface area (Å²) < 4.78 is 5.48. The highest BCUT2D eigenvalue weighted by Gasteiger charge is 2.21. The van der Waals surface area contributed by atoms with Gasteiger partial charge in [0.2, 0.25) is 11.8 Å². The number of pyridine rings is 1. The first-order valence-corrected chi connectivity index (χ1v) is 8.35. The average Bonchev–Trinajstić information content (AvgIpc) is 2.54. The molecule has 1 saturated heterocycles. The molecule has 0 atom stereocenters. The number of likely N-dealkylation sites (tertiary alicyclic amines) is 1. The van der Waals surface area contributed by atoms with Crippen molar-refractivity contribution in [3.8, 4) is 5.88 Å². The topological polar surface area (TPSA) is 83.6 Å². The van der Waals surface area contributed by atoms with Gasteiger partial charge in [-0.25, -0.2) is 9.78 Å². The van der Waals surface area contributed by atoms with E-state index in [0.717, 1.165) is 18.4 Å². The molecule has 0 unspecified atom stereocenters. The summed E-state index contributed by atoms with van der Waals surface area (Å²) in [4.78, 5) is 29.3. The molecule has 0 aromatic carbocycles. The quantitative estimate of drug-likeness (QED) is 0.858. The SMILES string of the molecule is CC(=O)N1CCC(NC(=O)NCc2ccc(OC(C)C)nc2)CC1. The van der Waals surface area contributed by atoms with Gasteiger partial charge in [0.25, 0.3) is 0 Å². The lowest BCUT2D eigenvalue weighted by Crippen LogP contribution is -2.48. The number of hydrogen-bond donors (Lipinski definition) is 2. The van der Waals surface area contributed by atoms with E-state index in [1.807, 2.05) is 24.8 Å². The van der Waals surface area contributed by atoms with Crippen LogP contribution in [0, 0.1) is 0 Å². The predicted octanol–water partition coefficient (Wildman–Crippen LogP) is 1.68. The minimum Gasteiger partial charge on any atom is -0.475 e. The van der Waals surface area contributed by atoms with Gasteiger partial charge >= 0.3 is 6.03 Å². The molecule has 24 heavy (non-hydrogen) atoms. The lowest BCUT2D eigenvalue weighted by Gasteiger charge is -2.31. The molecule has 132 valence electrons. The number of piperidine rings is 1. The van der Waals surface area contributed by atoms with Gasteiger partial charge in [-0.15, -0.1) is 0 Å². The molecule has 2 rings (SSSR count). The summed E-state index contributed by atoms with van der Waals surface area (Å²) in [6, 6.07) is 3.60. The molecular formula is C17H26N4O3. The number of urea groups is 1. The molecule has 2 heterocycles. The average molecular weight is 334 g/mol. The largest absolute Gasteiger partial charge is 0.475 e. The summed E-state index contributed by atoms with van der Waals surface area (Å²) in [5.74, 6) is 0.672. The van der Waals surface area contributed by atoms with Crippen LogP contribution in [0.25, 0.3) is 0 Å². The Kier molecular flexibility index (Phi) is 6.40. The monoisotopic (exact) mass is 334 g/mol. The lowest BCUT2D eigenvalue weighted by atomic mass is 10.1. The summed E-state index contributed by atoms with van der Waals surface area (Å²) in [6.45, 7) is 7.27. The van der Waals surface area contributed by atoms with Gasteiger partial charge in [0.15, 0.2) is 0 Å². The summed E-state index contributed by atoms with van der Waals surface area (Å²) in [7, 11) is 0. The van der Waals surface area contributed by atoms with Gasteiger partial charge in [0.1, 0.15) is 0 Å². The zero-order valence-corrected chi connectivity index (χ0v) is 14.5. The highest BCUT2D eigenvalue weighted by Crippen LogP contribution is 2.11. The molecule has 0 bridgehead atoms. The predicted molar refractivity (Wildman–Crippen MR) is 90.6 cm³/mol. The van der Waals surface area contributed by atoms with Crippen LogP contribution in [0.2, 0.25) is 0 Å². The van der Waals surface area contributed by atoms with Crippen molar-refractivity contribution >= 4 is 11.9 Å². The van der Waals surface area contributed by atoms with Gasteiger partial charge in [-0.3, -0.25) is 4.79 Å². The van der Waals surface area contributed by atoms with Crippen LogP contribution in [-0.4, -0.2) is 47.1 Å². The van der Waals surface area contributed by atoms with E-state index in [2.05, 4.69) is 15.6 Å². The maximum atomic E-state index is 12.0. The number of carbonyl (C=O) groups is 2. The van der Waals surface area contributed by atoms with E-state index in [1.54, 1.807) is 19.2 Å². The van der Waals surface area contributed by atoms with Gasteiger partial charge in [-0.05, 0) is 32.3 Å². The van der Waals surface area contributed by atoms with E-state index < -0.39 is 0 Å². The van der Waals surface area contributed by atoms with Crippen LogP contribution in [0.5, 0.6) is 5.88 Å². The Balaban J connectivity index is 1.70. The number of carbonyl (C=O) groups excluding carboxylic acids is 2. The lowest BCUT2D eigenvalue weighted by molar-refractivity contribution is -0.129. The smallest absolute Gasteiger partial charge is 0.315 e. The van der Waals surface area contributed by atoms with Crippen LogP contribution in [-0.2, 0) is 11.3 Å².